The Labute approximate surface area is 243 Å². The number of carbonyl (C=O) groups is 3. The summed E-state index contributed by atoms with van der Waals surface area (Å²) in [6, 6.07) is 27.8. The maximum absolute atomic E-state index is 14.2. The molecule has 0 radical (unpaired) electrons. The van der Waals surface area contributed by atoms with Gasteiger partial charge in [-0.25, -0.2) is 4.39 Å². The summed E-state index contributed by atoms with van der Waals surface area (Å²) >= 11 is 0. The highest BCUT2D eigenvalue weighted by Gasteiger charge is 2.42. The lowest BCUT2D eigenvalue weighted by Gasteiger charge is -2.26. The number of methoxy groups -OCH3 is 1. The van der Waals surface area contributed by atoms with E-state index < -0.39 is 35.9 Å². The van der Waals surface area contributed by atoms with E-state index in [1.165, 1.54) is 15.9 Å². The Hall–Kier alpha value is -5.02. The molecule has 214 valence electrons. The second-order valence-corrected chi connectivity index (χ2v) is 9.93. The van der Waals surface area contributed by atoms with Gasteiger partial charge in [0.15, 0.2) is 0 Å². The van der Waals surface area contributed by atoms with Gasteiger partial charge in [0.05, 0.1) is 25.0 Å². The number of hydrogen-bond acceptors (Lipinski definition) is 5. The fourth-order valence-electron chi connectivity index (χ4n) is 4.96. The molecule has 1 atom stereocenters. The average Bonchev–Trinajstić information content (AvgIpc) is 3.10. The fourth-order valence-corrected chi connectivity index (χ4v) is 4.96. The van der Waals surface area contributed by atoms with Gasteiger partial charge in [0.25, 0.3) is 0 Å². The predicted molar refractivity (Wildman–Crippen MR) is 158 cm³/mol. The van der Waals surface area contributed by atoms with Crippen LogP contribution in [-0.2, 0) is 34.0 Å². The highest BCUT2D eigenvalue weighted by molar-refractivity contribution is 6.21. The summed E-state index contributed by atoms with van der Waals surface area (Å²) < 4.78 is 19.4. The number of nitrogens with two attached hydrogens (primary N) is 1. The van der Waals surface area contributed by atoms with E-state index in [1.54, 1.807) is 73.8 Å². The number of rotatable bonds is 9. The molecule has 9 heteroatoms. The fraction of sp³-hybridized carbons (Fsp3) is 0.182. The van der Waals surface area contributed by atoms with Crippen LogP contribution in [0.15, 0.2) is 97.1 Å². The van der Waals surface area contributed by atoms with Crippen LogP contribution in [0.5, 0.6) is 5.75 Å². The topological polar surface area (TPSA) is 105 Å². The highest BCUT2D eigenvalue weighted by Crippen LogP contribution is 2.40. The van der Waals surface area contributed by atoms with Crippen molar-refractivity contribution in [2.24, 2.45) is 11.7 Å². The monoisotopic (exact) mass is 566 g/mol. The number of nitrogens with zero attached hydrogens (tertiary/aromatic N) is 2. The minimum absolute atomic E-state index is 0.0688. The molecule has 0 saturated heterocycles. The Morgan fingerprint density at radius 1 is 0.857 bits per heavy atom. The van der Waals surface area contributed by atoms with Crippen molar-refractivity contribution in [2.45, 2.75) is 26.1 Å². The van der Waals surface area contributed by atoms with Gasteiger partial charge in [-0.3, -0.25) is 19.3 Å². The molecule has 4 aromatic rings. The van der Waals surface area contributed by atoms with Crippen LogP contribution in [0.2, 0.25) is 0 Å². The van der Waals surface area contributed by atoms with E-state index >= 15 is 0 Å². The van der Waals surface area contributed by atoms with E-state index in [9.17, 15) is 18.8 Å². The summed E-state index contributed by atoms with van der Waals surface area (Å²) in [4.78, 5) is 44.6. The number of carbonyl (C=O) groups excluding carboxylic acids is 3. The third-order valence-corrected chi connectivity index (χ3v) is 7.25. The minimum Gasteiger partial charge on any atom is -0.497 e. The average molecular weight is 567 g/mol. The molecule has 0 fully saturated rings. The van der Waals surface area contributed by atoms with Gasteiger partial charge in [-0.2, -0.15) is 0 Å². The number of para-hydroxylation sites is 2. The molecule has 0 aliphatic carbocycles. The van der Waals surface area contributed by atoms with Crippen LogP contribution in [0.4, 0.5) is 21.5 Å². The van der Waals surface area contributed by atoms with E-state index in [0.29, 0.717) is 34.9 Å². The first-order chi connectivity index (χ1) is 20.4. The first-order valence-corrected chi connectivity index (χ1v) is 13.6. The second-order valence-electron chi connectivity index (χ2n) is 9.93. The van der Waals surface area contributed by atoms with Crippen molar-refractivity contribution in [1.82, 2.24) is 5.32 Å². The lowest BCUT2D eigenvalue weighted by molar-refractivity contribution is -0.136. The van der Waals surface area contributed by atoms with Crippen molar-refractivity contribution >= 4 is 34.8 Å². The number of halogens is 1. The van der Waals surface area contributed by atoms with Gasteiger partial charge >= 0.3 is 0 Å². The molecule has 3 N–H and O–H groups in total. The molecule has 4 aromatic carbocycles. The number of hydrogen-bond donors (Lipinski definition) is 2. The van der Waals surface area contributed by atoms with E-state index in [4.69, 9.17) is 10.5 Å². The largest absolute Gasteiger partial charge is 0.497 e. The Bertz CT molecular complexity index is 1590. The van der Waals surface area contributed by atoms with Gasteiger partial charge in [0, 0.05) is 30.8 Å². The summed E-state index contributed by atoms with van der Waals surface area (Å²) in [5.41, 5.74) is 9.38. The van der Waals surface area contributed by atoms with Crippen molar-refractivity contribution in [1.29, 1.82) is 0 Å². The second kappa shape index (κ2) is 12.7. The molecule has 0 spiro atoms. The number of amides is 3. The third kappa shape index (κ3) is 6.01. The quantitative estimate of drug-likeness (QED) is 0.283. The first kappa shape index (κ1) is 28.5. The normalized spacial score (nSPS) is 14.8. The number of anilines is 3. The molecule has 1 heterocycles. The van der Waals surface area contributed by atoms with E-state index in [1.807, 2.05) is 24.3 Å². The standard InChI is InChI=1S/C33H31FN4O4/c1-42-26-16-12-23(13-17-26)21-37-29-8-4-5-9-30(29)38(25-14-10-22(19-35)11-15-25)33(41)27(32(37)40)18-31(39)36-20-24-6-2-3-7-28(24)34/h2-17,27H,18-21,35H2,1H3,(H,36,39). The van der Waals surface area contributed by atoms with Crippen LogP contribution in [0, 0.1) is 11.7 Å². The number of benzene rings is 4. The molecule has 1 aliphatic rings. The lowest BCUT2D eigenvalue weighted by atomic mass is 10.0. The molecule has 1 aliphatic heterocycles. The van der Waals surface area contributed by atoms with Gasteiger partial charge in [-0.05, 0) is 53.6 Å². The third-order valence-electron chi connectivity index (χ3n) is 7.25. The van der Waals surface area contributed by atoms with Crippen LogP contribution in [0.25, 0.3) is 0 Å². The van der Waals surface area contributed by atoms with E-state index in [2.05, 4.69) is 5.32 Å². The molecule has 0 bridgehead atoms. The zero-order valence-electron chi connectivity index (χ0n) is 23.1. The number of ether oxygens (including phenoxy) is 1. The maximum atomic E-state index is 14.2. The Morgan fingerprint density at radius 2 is 1.50 bits per heavy atom. The smallest absolute Gasteiger partial charge is 0.244 e. The van der Waals surface area contributed by atoms with Crippen LogP contribution < -0.4 is 25.6 Å². The Balaban J connectivity index is 1.52. The summed E-state index contributed by atoms with van der Waals surface area (Å²) in [7, 11) is 1.58. The summed E-state index contributed by atoms with van der Waals surface area (Å²) in [6.45, 7) is 0.435. The van der Waals surface area contributed by atoms with Crippen LogP contribution in [0.1, 0.15) is 23.1 Å². The molecule has 0 saturated carbocycles. The van der Waals surface area contributed by atoms with Crippen LogP contribution in [-0.4, -0.2) is 24.8 Å². The first-order valence-electron chi connectivity index (χ1n) is 13.6. The molecule has 3 amide bonds. The number of fused-ring (bicyclic) bond motifs is 1. The van der Waals surface area contributed by atoms with Crippen LogP contribution in [0.3, 0.4) is 0 Å². The van der Waals surface area contributed by atoms with Crippen molar-refractivity contribution in [3.63, 3.8) is 0 Å². The van der Waals surface area contributed by atoms with Gasteiger partial charge in [-0.15, -0.1) is 0 Å². The molecule has 1 unspecified atom stereocenters. The summed E-state index contributed by atoms with van der Waals surface area (Å²) in [6.07, 6.45) is -0.406. The zero-order chi connectivity index (χ0) is 29.6. The lowest BCUT2D eigenvalue weighted by Crippen LogP contribution is -2.43. The van der Waals surface area contributed by atoms with Gasteiger partial charge in [0.1, 0.15) is 17.5 Å². The van der Waals surface area contributed by atoms with E-state index in [-0.39, 0.29) is 13.1 Å². The Morgan fingerprint density at radius 3 is 2.17 bits per heavy atom. The van der Waals surface area contributed by atoms with Gasteiger partial charge in [-0.1, -0.05) is 54.6 Å². The van der Waals surface area contributed by atoms with Crippen molar-refractivity contribution in [3.8, 4) is 5.75 Å². The molecule has 5 rings (SSSR count). The highest BCUT2D eigenvalue weighted by atomic mass is 19.1. The molecule has 0 aromatic heterocycles. The molecule has 42 heavy (non-hydrogen) atoms. The number of nitrogens with one attached hydrogen (secondary N) is 1. The van der Waals surface area contributed by atoms with Crippen molar-refractivity contribution < 1.29 is 23.5 Å². The predicted octanol–water partition coefficient (Wildman–Crippen LogP) is 4.83. The summed E-state index contributed by atoms with van der Waals surface area (Å²) in [5.74, 6) is -2.69. The van der Waals surface area contributed by atoms with Gasteiger partial charge in [0.2, 0.25) is 17.7 Å². The minimum atomic E-state index is -1.33. The van der Waals surface area contributed by atoms with Gasteiger partial charge < -0.3 is 20.7 Å². The maximum Gasteiger partial charge on any atom is 0.244 e. The molecular formula is C33H31FN4O4. The molecular weight excluding hydrogens is 535 g/mol. The summed E-state index contributed by atoms with van der Waals surface area (Å²) in [5, 5.41) is 2.67. The van der Waals surface area contributed by atoms with Crippen molar-refractivity contribution in [2.75, 3.05) is 16.9 Å². The van der Waals surface area contributed by atoms with Crippen LogP contribution >= 0.6 is 0 Å². The van der Waals surface area contributed by atoms with Crippen molar-refractivity contribution in [3.05, 3.63) is 120 Å². The Kier molecular flexibility index (Phi) is 8.59. The SMILES string of the molecule is COc1ccc(CN2C(=O)C(CC(=O)NCc3ccccc3F)C(=O)N(c3ccc(CN)cc3)c3ccccc32)cc1. The van der Waals surface area contributed by atoms with E-state index in [0.717, 1.165) is 11.1 Å². The zero-order valence-corrected chi connectivity index (χ0v) is 23.1. The molecule has 8 nitrogen and oxygen atoms in total.